The van der Waals surface area contributed by atoms with E-state index >= 15 is 0 Å². The first-order valence-corrected chi connectivity index (χ1v) is 7.52. The molecule has 3 nitrogen and oxygen atoms in total. The van der Waals surface area contributed by atoms with Gasteiger partial charge in [-0.1, -0.05) is 32.0 Å². The van der Waals surface area contributed by atoms with Crippen LogP contribution in [0.15, 0.2) is 42.6 Å². The van der Waals surface area contributed by atoms with Crippen LogP contribution in [0.2, 0.25) is 0 Å². The van der Waals surface area contributed by atoms with E-state index in [0.717, 1.165) is 24.6 Å². The molecule has 1 N–H and O–H groups in total. The first-order chi connectivity index (χ1) is 10.1. The number of anilines is 2. The molecule has 21 heavy (non-hydrogen) atoms. The van der Waals surface area contributed by atoms with Gasteiger partial charge in [-0.25, -0.2) is 4.98 Å². The molecule has 112 valence electrons. The molecule has 0 saturated heterocycles. The lowest BCUT2D eigenvalue weighted by molar-refractivity contribution is 0.552. The third-order valence-corrected chi connectivity index (χ3v) is 3.42. The number of aryl methyl sites for hydroxylation is 1. The molecule has 0 aliphatic heterocycles. The molecule has 0 fully saturated rings. The fourth-order valence-corrected chi connectivity index (χ4v) is 2.19. The summed E-state index contributed by atoms with van der Waals surface area (Å²) in [6.07, 6.45) is 1.95. The molecule has 0 saturated carbocycles. The third kappa shape index (κ3) is 4.57. The van der Waals surface area contributed by atoms with Crippen molar-refractivity contribution in [3.63, 3.8) is 0 Å². The highest BCUT2D eigenvalue weighted by Crippen LogP contribution is 2.22. The number of hydrogen-bond donors (Lipinski definition) is 1. The van der Waals surface area contributed by atoms with E-state index in [1.165, 1.54) is 11.1 Å². The Morgan fingerprint density at radius 2 is 2.00 bits per heavy atom. The Balaban J connectivity index is 2.01. The van der Waals surface area contributed by atoms with Gasteiger partial charge in [0.15, 0.2) is 0 Å². The highest BCUT2D eigenvalue weighted by molar-refractivity contribution is 5.59. The number of nitrogens with zero attached hydrogens (tertiary/aromatic N) is 2. The van der Waals surface area contributed by atoms with Crippen LogP contribution in [0.1, 0.15) is 25.0 Å². The Hall–Kier alpha value is -1.87. The largest absolute Gasteiger partial charge is 0.329 e. The average molecular weight is 283 g/mol. The molecule has 0 unspecified atom stereocenters. The molecule has 1 heterocycles. The minimum atomic E-state index is 0.671. The van der Waals surface area contributed by atoms with Crippen LogP contribution >= 0.6 is 0 Å². The van der Waals surface area contributed by atoms with Gasteiger partial charge in [0.2, 0.25) is 0 Å². The minimum Gasteiger partial charge on any atom is -0.329 e. The Kier molecular flexibility index (Phi) is 5.34. The smallest absolute Gasteiger partial charge is 0.132 e. The van der Waals surface area contributed by atoms with Gasteiger partial charge in [0.1, 0.15) is 5.82 Å². The molecule has 0 amide bonds. The monoisotopic (exact) mass is 283 g/mol. The fourth-order valence-electron chi connectivity index (χ4n) is 2.19. The summed E-state index contributed by atoms with van der Waals surface area (Å²) in [4.78, 5) is 6.68. The van der Waals surface area contributed by atoms with Crippen LogP contribution in [0.5, 0.6) is 0 Å². The summed E-state index contributed by atoms with van der Waals surface area (Å²) in [7, 11) is 2.05. The number of rotatable bonds is 6. The highest BCUT2D eigenvalue weighted by atomic mass is 15.2. The molecular weight excluding hydrogens is 258 g/mol. The molecule has 0 radical (unpaired) electrons. The van der Waals surface area contributed by atoms with E-state index in [0.29, 0.717) is 5.92 Å². The van der Waals surface area contributed by atoms with Crippen LogP contribution in [0, 0.1) is 12.8 Å². The minimum absolute atomic E-state index is 0.671. The summed E-state index contributed by atoms with van der Waals surface area (Å²) >= 11 is 0. The topological polar surface area (TPSA) is 28.2 Å². The van der Waals surface area contributed by atoms with Crippen LogP contribution in [0.4, 0.5) is 11.5 Å². The van der Waals surface area contributed by atoms with Crippen LogP contribution in [0.25, 0.3) is 0 Å². The normalized spacial score (nSPS) is 10.9. The Bertz CT molecular complexity index is 561. The SMILES string of the molecule is Cc1cccc(N(C)c2ccc(CNCC(C)C)cn2)c1. The van der Waals surface area contributed by atoms with Gasteiger partial charge in [0.05, 0.1) is 0 Å². The lowest BCUT2D eigenvalue weighted by Crippen LogP contribution is -2.19. The molecule has 1 aromatic carbocycles. The molecule has 0 atom stereocenters. The predicted octanol–water partition coefficient (Wildman–Crippen LogP) is 3.90. The fraction of sp³-hybridized carbons (Fsp3) is 0.389. The molecule has 0 bridgehead atoms. The Morgan fingerprint density at radius 1 is 1.19 bits per heavy atom. The number of hydrogen-bond acceptors (Lipinski definition) is 3. The lowest BCUT2D eigenvalue weighted by Gasteiger charge is -2.19. The van der Waals surface area contributed by atoms with Gasteiger partial charge in [-0.05, 0) is 48.7 Å². The third-order valence-electron chi connectivity index (χ3n) is 3.42. The summed E-state index contributed by atoms with van der Waals surface area (Å²) in [5, 5.41) is 3.44. The van der Waals surface area contributed by atoms with E-state index in [2.05, 4.69) is 72.4 Å². The van der Waals surface area contributed by atoms with Crippen molar-refractivity contribution in [1.29, 1.82) is 0 Å². The second-order valence-electron chi connectivity index (χ2n) is 5.95. The highest BCUT2D eigenvalue weighted by Gasteiger charge is 2.05. The molecule has 2 aromatic rings. The maximum atomic E-state index is 4.57. The zero-order valence-corrected chi connectivity index (χ0v) is 13.4. The number of benzene rings is 1. The second-order valence-corrected chi connectivity index (χ2v) is 5.95. The molecular formula is C18H25N3. The molecule has 2 rings (SSSR count). The molecule has 1 aromatic heterocycles. The van der Waals surface area contributed by atoms with Crippen molar-refractivity contribution < 1.29 is 0 Å². The molecule has 3 heteroatoms. The maximum absolute atomic E-state index is 4.57. The maximum Gasteiger partial charge on any atom is 0.132 e. The predicted molar refractivity (Wildman–Crippen MR) is 90.0 cm³/mol. The van der Waals surface area contributed by atoms with E-state index in [9.17, 15) is 0 Å². The summed E-state index contributed by atoms with van der Waals surface area (Å²) in [5.74, 6) is 1.64. The van der Waals surface area contributed by atoms with Crippen molar-refractivity contribution in [2.45, 2.75) is 27.3 Å². The average Bonchev–Trinajstić information content (AvgIpc) is 2.47. The van der Waals surface area contributed by atoms with Crippen LogP contribution in [0.3, 0.4) is 0 Å². The first-order valence-electron chi connectivity index (χ1n) is 7.52. The van der Waals surface area contributed by atoms with Crippen molar-refractivity contribution in [1.82, 2.24) is 10.3 Å². The van der Waals surface area contributed by atoms with E-state index in [-0.39, 0.29) is 0 Å². The molecule has 0 spiro atoms. The van der Waals surface area contributed by atoms with Gasteiger partial charge in [-0.15, -0.1) is 0 Å². The number of aromatic nitrogens is 1. The zero-order chi connectivity index (χ0) is 15.2. The lowest BCUT2D eigenvalue weighted by atomic mass is 10.2. The van der Waals surface area contributed by atoms with Crippen LogP contribution in [-0.4, -0.2) is 18.6 Å². The number of pyridine rings is 1. The quantitative estimate of drug-likeness (QED) is 0.871. The van der Waals surface area contributed by atoms with E-state index in [1.807, 2.05) is 13.2 Å². The summed E-state index contributed by atoms with van der Waals surface area (Å²) < 4.78 is 0. The van der Waals surface area contributed by atoms with Crippen LogP contribution in [-0.2, 0) is 6.54 Å². The number of nitrogens with one attached hydrogen (secondary N) is 1. The van der Waals surface area contributed by atoms with Gasteiger partial charge < -0.3 is 10.2 Å². The first kappa shape index (κ1) is 15.5. The summed E-state index contributed by atoms with van der Waals surface area (Å²) in [5.41, 5.74) is 3.64. The summed E-state index contributed by atoms with van der Waals surface area (Å²) in [6.45, 7) is 8.44. The van der Waals surface area contributed by atoms with Crippen molar-refractivity contribution in [3.8, 4) is 0 Å². The standard InChI is InChI=1S/C18H25N3/c1-14(2)11-19-12-16-8-9-18(20-13-16)21(4)17-7-5-6-15(3)10-17/h5-10,13-14,19H,11-12H2,1-4H3. The van der Waals surface area contributed by atoms with Gasteiger partial charge in [-0.3, -0.25) is 0 Å². The van der Waals surface area contributed by atoms with Gasteiger partial charge >= 0.3 is 0 Å². The Morgan fingerprint density at radius 3 is 2.62 bits per heavy atom. The van der Waals surface area contributed by atoms with Crippen LogP contribution < -0.4 is 10.2 Å². The second kappa shape index (κ2) is 7.23. The van der Waals surface area contributed by atoms with E-state index in [4.69, 9.17) is 0 Å². The van der Waals surface area contributed by atoms with E-state index < -0.39 is 0 Å². The van der Waals surface area contributed by atoms with Gasteiger partial charge in [0.25, 0.3) is 0 Å². The van der Waals surface area contributed by atoms with Crippen molar-refractivity contribution in [2.75, 3.05) is 18.5 Å². The van der Waals surface area contributed by atoms with Crippen molar-refractivity contribution >= 4 is 11.5 Å². The van der Waals surface area contributed by atoms with E-state index in [1.54, 1.807) is 0 Å². The summed E-state index contributed by atoms with van der Waals surface area (Å²) in [6, 6.07) is 12.7. The molecule has 0 aliphatic rings. The zero-order valence-electron chi connectivity index (χ0n) is 13.4. The van der Waals surface area contributed by atoms with Gasteiger partial charge in [0, 0.05) is 25.5 Å². The van der Waals surface area contributed by atoms with Gasteiger partial charge in [-0.2, -0.15) is 0 Å². The Labute approximate surface area is 128 Å². The van der Waals surface area contributed by atoms with Crippen molar-refractivity contribution in [2.24, 2.45) is 5.92 Å². The molecule has 0 aliphatic carbocycles. The van der Waals surface area contributed by atoms with Crippen molar-refractivity contribution in [3.05, 3.63) is 53.7 Å².